The molecule has 2 aliphatic carbocycles. The van der Waals surface area contributed by atoms with Crippen molar-refractivity contribution in [2.24, 2.45) is 5.92 Å². The third kappa shape index (κ3) is 6.21. The van der Waals surface area contributed by atoms with E-state index in [-0.39, 0.29) is 27.8 Å². The van der Waals surface area contributed by atoms with Gasteiger partial charge < -0.3 is 14.2 Å². The van der Waals surface area contributed by atoms with E-state index in [2.05, 4.69) is 35.3 Å². The zero-order chi connectivity index (χ0) is 44.4. The molecule has 1 saturated heterocycles. The molecule has 0 bridgehead atoms. The van der Waals surface area contributed by atoms with Gasteiger partial charge in [0.15, 0.2) is 15.7 Å². The van der Waals surface area contributed by atoms with Gasteiger partial charge >= 0.3 is 11.4 Å². The molecule has 11 rings (SSSR count). The predicted octanol–water partition coefficient (Wildman–Crippen LogP) is 6.57. The number of nitrogens with one attached hydrogen (secondary N) is 1. The summed E-state index contributed by atoms with van der Waals surface area (Å²) in [6, 6.07) is 17.4. The van der Waals surface area contributed by atoms with E-state index in [0.29, 0.717) is 102 Å². The summed E-state index contributed by atoms with van der Waals surface area (Å²) in [7, 11) is -3.43. The summed E-state index contributed by atoms with van der Waals surface area (Å²) < 4.78 is 58.3. The Morgan fingerprint density at radius 2 is 1.61 bits per heavy atom. The average Bonchev–Trinajstić information content (AvgIpc) is 4.03. The number of amides is 1. The van der Waals surface area contributed by atoms with Gasteiger partial charge in [0.25, 0.3) is 5.91 Å². The lowest BCUT2D eigenvalue weighted by atomic mass is 9.91. The molecule has 2 saturated carbocycles. The van der Waals surface area contributed by atoms with Gasteiger partial charge in [-0.3, -0.25) is 23.4 Å². The fraction of sp³-hybridized carbons (Fsp3) is 0.383. The van der Waals surface area contributed by atoms with Crippen molar-refractivity contribution in [1.82, 2.24) is 38.5 Å². The van der Waals surface area contributed by atoms with E-state index < -0.39 is 32.9 Å². The van der Waals surface area contributed by atoms with Crippen LogP contribution in [0.25, 0.3) is 28.1 Å². The molecule has 17 heteroatoms. The number of aromatic nitrogens is 7. The first-order chi connectivity index (χ1) is 30.8. The zero-order valence-corrected chi connectivity index (χ0v) is 36.7. The highest BCUT2D eigenvalue weighted by atomic mass is 32.2. The van der Waals surface area contributed by atoms with Gasteiger partial charge in [-0.05, 0) is 136 Å². The number of carbonyl (C=O) groups excluding carboxylic acids is 1. The Hall–Kier alpha value is -6.33. The van der Waals surface area contributed by atoms with Crippen molar-refractivity contribution in [3.8, 4) is 17.2 Å². The maximum Gasteiger partial charge on any atom is 0.438 e. The maximum atomic E-state index is 15.5. The lowest BCUT2D eigenvalue weighted by Crippen LogP contribution is -2.41. The highest BCUT2D eigenvalue weighted by molar-refractivity contribution is 7.92. The normalized spacial score (nSPS) is 21.4. The number of benzene rings is 3. The minimum absolute atomic E-state index is 0.0122. The van der Waals surface area contributed by atoms with Crippen LogP contribution in [-0.4, -0.2) is 77.9 Å². The van der Waals surface area contributed by atoms with Crippen LogP contribution >= 0.6 is 0 Å². The van der Waals surface area contributed by atoms with Crippen molar-refractivity contribution in [2.75, 3.05) is 19.8 Å². The van der Waals surface area contributed by atoms with Crippen molar-refractivity contribution in [3.05, 3.63) is 139 Å². The fourth-order valence-corrected chi connectivity index (χ4v) is 12.0. The van der Waals surface area contributed by atoms with Gasteiger partial charge in [-0.25, -0.2) is 27.1 Å². The largest absolute Gasteiger partial charge is 0.438 e. The molecule has 4 aromatic heterocycles. The summed E-state index contributed by atoms with van der Waals surface area (Å²) in [6.45, 7) is 9.05. The van der Waals surface area contributed by atoms with Crippen LogP contribution in [0.2, 0.25) is 0 Å². The fourth-order valence-electron chi connectivity index (χ4n) is 10.3. The van der Waals surface area contributed by atoms with Crippen LogP contribution in [0.4, 0.5) is 4.39 Å². The number of aryl methyl sites for hydroxylation is 2. The molecule has 0 radical (unpaired) electrons. The number of imidazole rings is 1. The van der Waals surface area contributed by atoms with E-state index >= 15 is 9.18 Å². The van der Waals surface area contributed by atoms with E-state index in [4.69, 9.17) is 14.4 Å². The molecule has 3 atom stereocenters. The Labute approximate surface area is 367 Å². The molecule has 3 fully saturated rings. The molecule has 64 heavy (non-hydrogen) atoms. The van der Waals surface area contributed by atoms with Gasteiger partial charge in [0.1, 0.15) is 22.9 Å². The van der Waals surface area contributed by atoms with E-state index in [9.17, 15) is 18.0 Å². The molecule has 15 nitrogen and oxygen atoms in total. The first-order valence-corrected chi connectivity index (χ1v) is 23.5. The number of nitrogens with zero attached hydrogens (tertiary/aromatic N) is 7. The highest BCUT2D eigenvalue weighted by Gasteiger charge is 2.59. The smallest absolute Gasteiger partial charge is 0.381 e. The monoisotopic (exact) mass is 886 g/mol. The van der Waals surface area contributed by atoms with Gasteiger partial charge in [0.05, 0.1) is 33.3 Å². The first-order valence-electron chi connectivity index (χ1n) is 21.9. The third-order valence-corrected chi connectivity index (χ3v) is 16.3. The second-order valence-electron chi connectivity index (χ2n) is 18.0. The molecule has 2 aliphatic heterocycles. The number of sulfone groups is 1. The Morgan fingerprint density at radius 1 is 0.906 bits per heavy atom. The van der Waals surface area contributed by atoms with E-state index in [1.54, 1.807) is 60.1 Å². The SMILES string of the molecule is Cc1cc(-n2nc3c(c2-n2ccn(-c4ccc(S(=O)(=O)C5CC5)cc4)c2=O)[C@H](C)N(C(=O)c2cc4cc(C5CCOCC5)ccc4n2[C@@]2(c4noc(=O)[nH]4)C[C@@H]2C)CC3)cc(C)c1F. The number of rotatable bonds is 9. The van der Waals surface area contributed by atoms with Gasteiger partial charge in [-0.15, -0.1) is 0 Å². The van der Waals surface area contributed by atoms with Crippen molar-refractivity contribution in [3.63, 3.8) is 0 Å². The summed E-state index contributed by atoms with van der Waals surface area (Å²) in [6.07, 6.45) is 7.33. The minimum Gasteiger partial charge on any atom is -0.381 e. The molecule has 4 aliphatic rings. The molecule has 0 unspecified atom stereocenters. The van der Waals surface area contributed by atoms with Crippen LogP contribution in [0.5, 0.6) is 0 Å². The number of carbonyl (C=O) groups is 1. The number of hydrogen-bond acceptors (Lipinski definition) is 9. The first kappa shape index (κ1) is 40.4. The molecule has 330 valence electrons. The van der Waals surface area contributed by atoms with Crippen LogP contribution in [-0.2, 0) is 26.5 Å². The van der Waals surface area contributed by atoms with E-state index in [0.717, 1.165) is 23.7 Å². The number of H-pyrrole nitrogens is 1. The van der Waals surface area contributed by atoms with Crippen molar-refractivity contribution < 1.29 is 26.9 Å². The Balaban J connectivity index is 1.04. The molecule has 3 aromatic carbocycles. The quantitative estimate of drug-likeness (QED) is 0.168. The third-order valence-electron chi connectivity index (χ3n) is 14.0. The topological polar surface area (TPSA) is 172 Å². The summed E-state index contributed by atoms with van der Waals surface area (Å²) in [5.41, 5.74) is 4.34. The average molecular weight is 887 g/mol. The standard InChI is InChI=1S/C47H47FN8O7S/c1-26-21-34(22-27(2)41(26)48)56-42(54-18-17-53(46(54)59)33-6-8-35(9-7-33)64(60,61)36-10-11-36)40-29(4)52(16-13-37(40)50-56)43(57)39-24-32-23-31(30-14-19-62-20-15-30)5-12-38(32)55(39)47(25-28(47)3)44-49-45(58)63-51-44/h5-9,12,17-18,21-24,28-30,36H,10-11,13-16,19-20,25H2,1-4H3,(H,49,51,58)/t28-,29-,47-/m0/s1. The second-order valence-corrected chi connectivity index (χ2v) is 20.2. The summed E-state index contributed by atoms with van der Waals surface area (Å²) >= 11 is 0. The number of hydrogen-bond donors (Lipinski definition) is 1. The lowest BCUT2D eigenvalue weighted by Gasteiger charge is -2.34. The molecular formula is C47H47FN8O7S. The maximum absolute atomic E-state index is 15.5. The molecular weight excluding hydrogens is 840 g/mol. The molecule has 6 heterocycles. The van der Waals surface area contributed by atoms with Crippen LogP contribution in [0.15, 0.2) is 92.1 Å². The molecule has 7 aromatic rings. The summed E-state index contributed by atoms with van der Waals surface area (Å²) in [5, 5.41) is 9.76. The van der Waals surface area contributed by atoms with Crippen LogP contribution in [0, 0.1) is 25.6 Å². The minimum atomic E-state index is -3.43. The lowest BCUT2D eigenvalue weighted by molar-refractivity contribution is 0.0663. The van der Waals surface area contributed by atoms with Crippen LogP contribution < -0.4 is 11.4 Å². The Bertz CT molecular complexity index is 3250. The van der Waals surface area contributed by atoms with Gasteiger partial charge in [0, 0.05) is 55.0 Å². The van der Waals surface area contributed by atoms with Gasteiger partial charge in [0.2, 0.25) is 0 Å². The van der Waals surface area contributed by atoms with Crippen LogP contribution in [0.1, 0.15) is 102 Å². The zero-order valence-electron chi connectivity index (χ0n) is 35.9. The molecule has 1 N–H and O–H groups in total. The highest BCUT2D eigenvalue weighted by Crippen LogP contribution is 2.56. The van der Waals surface area contributed by atoms with Gasteiger partial charge in [-0.2, -0.15) is 5.10 Å². The molecule has 1 amide bonds. The Kier molecular flexibility index (Phi) is 9.23. The van der Waals surface area contributed by atoms with Crippen LogP contribution in [0.3, 0.4) is 0 Å². The van der Waals surface area contributed by atoms with Crippen molar-refractivity contribution >= 4 is 26.6 Å². The van der Waals surface area contributed by atoms with Gasteiger partial charge in [-0.1, -0.05) is 18.1 Å². The summed E-state index contributed by atoms with van der Waals surface area (Å²) in [4.78, 5) is 47.3. The summed E-state index contributed by atoms with van der Waals surface area (Å²) in [5.74, 6) is -0.160. The van der Waals surface area contributed by atoms with E-state index in [1.165, 1.54) is 26.8 Å². The Morgan fingerprint density at radius 3 is 2.27 bits per heavy atom. The second kappa shape index (κ2) is 14.6. The van der Waals surface area contributed by atoms with E-state index in [1.807, 2.05) is 17.6 Å². The number of fused-ring (bicyclic) bond motifs is 2. The predicted molar refractivity (Wildman–Crippen MR) is 234 cm³/mol. The van der Waals surface area contributed by atoms with Crippen molar-refractivity contribution in [1.29, 1.82) is 0 Å². The number of ether oxygens (including phenoxy) is 1. The molecule has 0 spiro atoms. The van der Waals surface area contributed by atoms with Crippen molar-refractivity contribution in [2.45, 2.75) is 93.9 Å². The number of halogens is 1. The number of aromatic amines is 1.